The molecule has 1 aliphatic heterocycles. The van der Waals surface area contributed by atoms with Gasteiger partial charge in [0.2, 0.25) is 10.0 Å². The summed E-state index contributed by atoms with van der Waals surface area (Å²) < 4.78 is 25.9. The fourth-order valence-corrected chi connectivity index (χ4v) is 3.70. The molecular formula is C12H17NO3S. The summed E-state index contributed by atoms with van der Waals surface area (Å²) in [4.78, 5) is 0.301. The molecule has 2 rings (SSSR count). The summed E-state index contributed by atoms with van der Waals surface area (Å²) in [7, 11) is -3.46. The van der Waals surface area contributed by atoms with Crippen LogP contribution in [-0.2, 0) is 10.0 Å². The molecule has 0 amide bonds. The third-order valence-electron chi connectivity index (χ3n) is 3.04. The van der Waals surface area contributed by atoms with Crippen LogP contribution in [0, 0.1) is 6.92 Å². The highest BCUT2D eigenvalue weighted by Crippen LogP contribution is 2.26. The lowest BCUT2D eigenvalue weighted by Gasteiger charge is -2.19. The molecule has 94 valence electrons. The average Bonchev–Trinajstić information content (AvgIpc) is 2.59. The van der Waals surface area contributed by atoms with Crippen molar-refractivity contribution in [3.05, 3.63) is 29.8 Å². The van der Waals surface area contributed by atoms with Gasteiger partial charge >= 0.3 is 0 Å². The Labute approximate surface area is 102 Å². The maximum absolute atomic E-state index is 12.3. The molecule has 1 aliphatic rings. The van der Waals surface area contributed by atoms with E-state index in [9.17, 15) is 13.5 Å². The van der Waals surface area contributed by atoms with Crippen molar-refractivity contribution in [2.24, 2.45) is 0 Å². The van der Waals surface area contributed by atoms with Crippen molar-refractivity contribution >= 4 is 10.0 Å². The minimum atomic E-state index is -3.46. The quantitative estimate of drug-likeness (QED) is 0.862. The normalized spacial score (nSPS) is 26.3. The van der Waals surface area contributed by atoms with Crippen LogP contribution < -0.4 is 0 Å². The van der Waals surface area contributed by atoms with Gasteiger partial charge in [-0.3, -0.25) is 0 Å². The number of benzene rings is 1. The predicted octanol–water partition coefficient (Wildman–Crippen LogP) is 1.14. The van der Waals surface area contributed by atoms with Crippen LogP contribution in [0.3, 0.4) is 0 Å². The zero-order valence-electron chi connectivity index (χ0n) is 10.0. The molecule has 0 aromatic heterocycles. The van der Waals surface area contributed by atoms with Crippen LogP contribution in [0.4, 0.5) is 0 Å². The summed E-state index contributed by atoms with van der Waals surface area (Å²) in [5.41, 5.74) is 0.00806. The molecule has 5 heteroatoms. The van der Waals surface area contributed by atoms with Gasteiger partial charge in [-0.1, -0.05) is 12.1 Å². The molecule has 0 radical (unpaired) electrons. The number of sulfonamides is 1. The van der Waals surface area contributed by atoms with E-state index in [0.717, 1.165) is 5.56 Å². The lowest BCUT2D eigenvalue weighted by molar-refractivity contribution is 0.0762. The van der Waals surface area contributed by atoms with E-state index in [1.165, 1.54) is 4.31 Å². The van der Waals surface area contributed by atoms with E-state index < -0.39 is 15.6 Å². The van der Waals surface area contributed by atoms with Crippen molar-refractivity contribution in [2.75, 3.05) is 13.1 Å². The van der Waals surface area contributed by atoms with Gasteiger partial charge in [0.15, 0.2) is 0 Å². The molecule has 1 aromatic rings. The van der Waals surface area contributed by atoms with Crippen molar-refractivity contribution in [1.82, 2.24) is 4.31 Å². The van der Waals surface area contributed by atoms with Crippen LogP contribution in [0.15, 0.2) is 29.2 Å². The molecule has 1 saturated heterocycles. The Balaban J connectivity index is 2.32. The summed E-state index contributed by atoms with van der Waals surface area (Å²) in [6.07, 6.45) is 0.484. The van der Waals surface area contributed by atoms with Crippen LogP contribution in [0.5, 0.6) is 0 Å². The predicted molar refractivity (Wildman–Crippen MR) is 65.2 cm³/mol. The molecule has 0 aliphatic carbocycles. The second-order valence-electron chi connectivity index (χ2n) is 4.90. The largest absolute Gasteiger partial charge is 0.389 e. The van der Waals surface area contributed by atoms with Gasteiger partial charge in [-0.05, 0) is 38.0 Å². The average molecular weight is 255 g/mol. The summed E-state index contributed by atoms with van der Waals surface area (Å²) in [6, 6.07) is 6.84. The number of hydrogen-bond acceptors (Lipinski definition) is 3. The second kappa shape index (κ2) is 4.08. The fourth-order valence-electron chi connectivity index (χ4n) is 2.03. The Hall–Kier alpha value is -0.910. The van der Waals surface area contributed by atoms with Crippen molar-refractivity contribution < 1.29 is 13.5 Å². The molecule has 4 nitrogen and oxygen atoms in total. The summed E-state index contributed by atoms with van der Waals surface area (Å²) in [5.74, 6) is 0. The van der Waals surface area contributed by atoms with Crippen molar-refractivity contribution in [2.45, 2.75) is 30.8 Å². The van der Waals surface area contributed by atoms with Gasteiger partial charge in [0.05, 0.1) is 10.5 Å². The molecular weight excluding hydrogens is 238 g/mol. The van der Waals surface area contributed by atoms with Gasteiger partial charge in [0.25, 0.3) is 0 Å². The molecule has 1 fully saturated rings. The maximum Gasteiger partial charge on any atom is 0.243 e. The van der Waals surface area contributed by atoms with Gasteiger partial charge in [-0.25, -0.2) is 8.42 Å². The third kappa shape index (κ3) is 2.51. The highest BCUT2D eigenvalue weighted by molar-refractivity contribution is 7.89. The van der Waals surface area contributed by atoms with Crippen LogP contribution in [0.1, 0.15) is 18.9 Å². The van der Waals surface area contributed by atoms with Gasteiger partial charge in [-0.15, -0.1) is 0 Å². The maximum atomic E-state index is 12.3. The number of nitrogens with zero attached hydrogens (tertiary/aromatic N) is 1. The second-order valence-corrected chi connectivity index (χ2v) is 6.84. The SMILES string of the molecule is Cc1cccc(S(=O)(=O)N2CCC(C)(O)C2)c1. The van der Waals surface area contributed by atoms with Gasteiger partial charge < -0.3 is 5.11 Å². The number of aliphatic hydroxyl groups is 1. The molecule has 0 saturated carbocycles. The Kier molecular flexibility index (Phi) is 3.01. The van der Waals surface area contributed by atoms with Crippen LogP contribution in [0.2, 0.25) is 0 Å². The first kappa shape index (κ1) is 12.5. The minimum Gasteiger partial charge on any atom is -0.389 e. The van der Waals surface area contributed by atoms with Crippen LogP contribution in [0.25, 0.3) is 0 Å². The standard InChI is InChI=1S/C12H17NO3S/c1-10-4-3-5-11(8-10)17(15,16)13-7-6-12(2,14)9-13/h3-5,8,14H,6-7,9H2,1-2H3. The topological polar surface area (TPSA) is 57.6 Å². The molecule has 1 atom stereocenters. The van der Waals surface area contributed by atoms with E-state index in [2.05, 4.69) is 0 Å². The number of rotatable bonds is 2. The summed E-state index contributed by atoms with van der Waals surface area (Å²) in [6.45, 7) is 4.07. The first-order valence-corrected chi connectivity index (χ1v) is 7.04. The Morgan fingerprint density at radius 2 is 2.12 bits per heavy atom. The highest BCUT2D eigenvalue weighted by Gasteiger charge is 2.38. The summed E-state index contributed by atoms with van der Waals surface area (Å²) >= 11 is 0. The molecule has 17 heavy (non-hydrogen) atoms. The highest BCUT2D eigenvalue weighted by atomic mass is 32.2. The van der Waals surface area contributed by atoms with Crippen LogP contribution >= 0.6 is 0 Å². The minimum absolute atomic E-state index is 0.170. The smallest absolute Gasteiger partial charge is 0.243 e. The molecule has 0 bridgehead atoms. The van der Waals surface area contributed by atoms with E-state index in [1.807, 2.05) is 13.0 Å². The number of aryl methyl sites for hydroxylation is 1. The van der Waals surface area contributed by atoms with E-state index in [0.29, 0.717) is 17.9 Å². The van der Waals surface area contributed by atoms with E-state index in [-0.39, 0.29) is 6.54 Å². The Morgan fingerprint density at radius 3 is 2.65 bits per heavy atom. The van der Waals surface area contributed by atoms with Gasteiger partial charge in [0, 0.05) is 13.1 Å². The monoisotopic (exact) mass is 255 g/mol. The zero-order valence-corrected chi connectivity index (χ0v) is 10.9. The van der Waals surface area contributed by atoms with Crippen LogP contribution in [-0.4, -0.2) is 36.5 Å². The van der Waals surface area contributed by atoms with E-state index in [4.69, 9.17) is 0 Å². The molecule has 1 aromatic carbocycles. The van der Waals surface area contributed by atoms with Gasteiger partial charge in [-0.2, -0.15) is 4.31 Å². The van der Waals surface area contributed by atoms with Gasteiger partial charge in [0.1, 0.15) is 0 Å². The first-order chi connectivity index (χ1) is 7.81. The number of hydrogen-bond donors (Lipinski definition) is 1. The zero-order chi connectivity index (χ0) is 12.7. The summed E-state index contributed by atoms with van der Waals surface area (Å²) in [5, 5.41) is 9.82. The molecule has 1 unspecified atom stereocenters. The fraction of sp³-hybridized carbons (Fsp3) is 0.500. The lowest BCUT2D eigenvalue weighted by atomic mass is 10.1. The first-order valence-electron chi connectivity index (χ1n) is 5.60. The molecule has 0 spiro atoms. The van der Waals surface area contributed by atoms with Crippen molar-refractivity contribution in [1.29, 1.82) is 0 Å². The lowest BCUT2D eigenvalue weighted by Crippen LogP contribution is -2.33. The van der Waals surface area contributed by atoms with E-state index >= 15 is 0 Å². The van der Waals surface area contributed by atoms with Crippen molar-refractivity contribution in [3.63, 3.8) is 0 Å². The molecule has 1 N–H and O–H groups in total. The van der Waals surface area contributed by atoms with E-state index in [1.54, 1.807) is 25.1 Å². The number of β-amino-alcohol motifs (C(OH)–C–C–N with tert-alkyl or cyclic N) is 1. The molecule has 1 heterocycles. The third-order valence-corrected chi connectivity index (χ3v) is 4.89. The van der Waals surface area contributed by atoms with Crippen molar-refractivity contribution in [3.8, 4) is 0 Å². The Bertz CT molecular complexity index is 522. The Morgan fingerprint density at radius 1 is 1.41 bits per heavy atom.